The number of carbonyl (C=O) groups is 2. The number of imidazole rings is 1. The van der Waals surface area contributed by atoms with Crippen molar-refractivity contribution in [1.29, 1.82) is 0 Å². The maximum atomic E-state index is 12.8. The summed E-state index contributed by atoms with van der Waals surface area (Å²) in [5, 5.41) is 0. The maximum Gasteiger partial charge on any atom is 0.290 e. The molecule has 1 aromatic heterocycles. The lowest BCUT2D eigenvalue weighted by Gasteiger charge is -2.19. The molecule has 28 heavy (non-hydrogen) atoms. The Kier molecular flexibility index (Phi) is 5.32. The van der Waals surface area contributed by atoms with Gasteiger partial charge in [0.15, 0.2) is 5.82 Å². The van der Waals surface area contributed by atoms with Crippen molar-refractivity contribution in [2.24, 2.45) is 7.05 Å². The molecule has 1 saturated heterocycles. The topological polar surface area (TPSA) is 67.7 Å². The molecule has 0 radical (unpaired) electrons. The van der Waals surface area contributed by atoms with Gasteiger partial charge in [-0.3, -0.25) is 9.59 Å². The van der Waals surface area contributed by atoms with Gasteiger partial charge in [0.2, 0.25) is 5.91 Å². The molecule has 2 aliphatic heterocycles. The van der Waals surface area contributed by atoms with E-state index in [-0.39, 0.29) is 11.8 Å². The number of aryl methyl sites for hydroxylation is 2. The van der Waals surface area contributed by atoms with E-state index in [2.05, 4.69) is 11.1 Å². The van der Waals surface area contributed by atoms with E-state index in [4.69, 9.17) is 4.74 Å². The van der Waals surface area contributed by atoms with Crippen LogP contribution in [0.25, 0.3) is 0 Å². The van der Waals surface area contributed by atoms with E-state index in [0.717, 1.165) is 42.8 Å². The van der Waals surface area contributed by atoms with Crippen molar-refractivity contribution in [3.8, 4) is 5.75 Å². The van der Waals surface area contributed by atoms with Gasteiger partial charge in [-0.1, -0.05) is 12.1 Å². The molecule has 2 amide bonds. The minimum atomic E-state index is -0.0986. The zero-order valence-corrected chi connectivity index (χ0v) is 16.3. The van der Waals surface area contributed by atoms with Crippen LogP contribution in [0.1, 0.15) is 41.0 Å². The van der Waals surface area contributed by atoms with E-state index in [9.17, 15) is 9.59 Å². The number of rotatable bonds is 4. The molecule has 4 rings (SSSR count). The lowest BCUT2D eigenvalue weighted by Crippen LogP contribution is -2.34. The predicted molar refractivity (Wildman–Crippen MR) is 104 cm³/mol. The third-order valence-electron chi connectivity index (χ3n) is 5.49. The Morgan fingerprint density at radius 3 is 2.71 bits per heavy atom. The van der Waals surface area contributed by atoms with E-state index in [0.29, 0.717) is 38.4 Å². The summed E-state index contributed by atoms with van der Waals surface area (Å²) < 4.78 is 7.57. The number of ether oxygens (including phenoxy) is 1. The molecule has 1 aromatic carbocycles. The molecular formula is C21H26N4O3. The molecule has 2 aromatic rings. The molecule has 7 nitrogen and oxygen atoms in total. The number of fused-ring (bicyclic) bond motifs is 1. The van der Waals surface area contributed by atoms with Crippen LogP contribution < -0.4 is 4.74 Å². The Bertz CT molecular complexity index is 870. The third kappa shape index (κ3) is 3.88. The van der Waals surface area contributed by atoms with Crippen LogP contribution in [0.4, 0.5) is 0 Å². The zero-order valence-electron chi connectivity index (χ0n) is 16.3. The van der Waals surface area contributed by atoms with Crippen LogP contribution in [0.15, 0.2) is 30.6 Å². The standard InChI is InChI=1S/C21H26N4O3/c1-23-11-8-22-20(23)21(27)25-12-13-28-18-6-4-16(14-17(18)15-25)5-7-19(26)24-9-2-3-10-24/h4,6,8,11,14H,2-3,5,7,9-10,12-13,15H2,1H3. The predicted octanol–water partition coefficient (Wildman–Crippen LogP) is 2.01. The van der Waals surface area contributed by atoms with Gasteiger partial charge >= 0.3 is 0 Å². The monoisotopic (exact) mass is 382 g/mol. The summed E-state index contributed by atoms with van der Waals surface area (Å²) in [7, 11) is 1.82. The summed E-state index contributed by atoms with van der Waals surface area (Å²) in [6.07, 6.45) is 6.85. The molecule has 0 aliphatic carbocycles. The Morgan fingerprint density at radius 2 is 1.96 bits per heavy atom. The third-order valence-corrected chi connectivity index (χ3v) is 5.49. The molecule has 0 atom stereocenters. The molecule has 0 unspecified atom stereocenters. The molecule has 2 aliphatic rings. The fourth-order valence-corrected chi connectivity index (χ4v) is 3.87. The van der Waals surface area contributed by atoms with Crippen LogP contribution >= 0.6 is 0 Å². The van der Waals surface area contributed by atoms with E-state index in [1.54, 1.807) is 21.9 Å². The normalized spacial score (nSPS) is 16.5. The highest BCUT2D eigenvalue weighted by molar-refractivity contribution is 5.90. The average Bonchev–Trinajstić information content (AvgIpc) is 3.33. The van der Waals surface area contributed by atoms with Crippen molar-refractivity contribution in [2.45, 2.75) is 32.2 Å². The van der Waals surface area contributed by atoms with Crippen LogP contribution in [0.3, 0.4) is 0 Å². The van der Waals surface area contributed by atoms with E-state index < -0.39 is 0 Å². The van der Waals surface area contributed by atoms with Crippen LogP contribution in [-0.2, 0) is 24.8 Å². The fraction of sp³-hybridized carbons (Fsp3) is 0.476. The first-order valence-electron chi connectivity index (χ1n) is 9.91. The zero-order chi connectivity index (χ0) is 19.5. The van der Waals surface area contributed by atoms with Gasteiger partial charge in [0.1, 0.15) is 12.4 Å². The minimum Gasteiger partial charge on any atom is -0.491 e. The number of aromatic nitrogens is 2. The molecule has 0 bridgehead atoms. The first kappa shape index (κ1) is 18.5. The second-order valence-electron chi connectivity index (χ2n) is 7.47. The van der Waals surface area contributed by atoms with Gasteiger partial charge in [-0.25, -0.2) is 4.98 Å². The smallest absolute Gasteiger partial charge is 0.290 e. The van der Waals surface area contributed by atoms with Crippen molar-refractivity contribution in [2.75, 3.05) is 26.2 Å². The summed E-state index contributed by atoms with van der Waals surface area (Å²) in [5.74, 6) is 1.37. The molecule has 3 heterocycles. The van der Waals surface area contributed by atoms with Gasteiger partial charge in [-0.2, -0.15) is 0 Å². The Labute approximate surface area is 164 Å². The molecule has 0 spiro atoms. The highest BCUT2D eigenvalue weighted by atomic mass is 16.5. The molecule has 7 heteroatoms. The number of hydrogen-bond acceptors (Lipinski definition) is 4. The van der Waals surface area contributed by atoms with E-state index in [1.165, 1.54) is 0 Å². The SMILES string of the molecule is Cn1ccnc1C(=O)N1CCOc2ccc(CCC(=O)N3CCCC3)cc2C1. The summed E-state index contributed by atoms with van der Waals surface area (Å²) in [5.41, 5.74) is 2.08. The van der Waals surface area contributed by atoms with Crippen molar-refractivity contribution < 1.29 is 14.3 Å². The largest absolute Gasteiger partial charge is 0.491 e. The molecule has 148 valence electrons. The van der Waals surface area contributed by atoms with Crippen molar-refractivity contribution in [3.05, 3.63) is 47.5 Å². The van der Waals surface area contributed by atoms with Gasteiger partial charge in [0.25, 0.3) is 5.91 Å². The Hall–Kier alpha value is -2.83. The lowest BCUT2D eigenvalue weighted by atomic mass is 10.0. The summed E-state index contributed by atoms with van der Waals surface area (Å²) in [4.78, 5) is 33.0. The number of benzene rings is 1. The Balaban J connectivity index is 1.45. The van der Waals surface area contributed by atoms with Crippen LogP contribution in [0.5, 0.6) is 5.75 Å². The van der Waals surface area contributed by atoms with Gasteiger partial charge in [-0.15, -0.1) is 0 Å². The van der Waals surface area contributed by atoms with Crippen LogP contribution in [0, 0.1) is 0 Å². The quantitative estimate of drug-likeness (QED) is 0.811. The summed E-state index contributed by atoms with van der Waals surface area (Å²) >= 11 is 0. The van der Waals surface area contributed by atoms with E-state index >= 15 is 0 Å². The number of hydrogen-bond donors (Lipinski definition) is 0. The number of carbonyl (C=O) groups excluding carboxylic acids is 2. The van der Waals surface area contributed by atoms with Crippen LogP contribution in [0.2, 0.25) is 0 Å². The van der Waals surface area contributed by atoms with Crippen molar-refractivity contribution in [3.63, 3.8) is 0 Å². The summed E-state index contributed by atoms with van der Waals surface area (Å²) in [6, 6.07) is 6.04. The second kappa shape index (κ2) is 8.04. The van der Waals surface area contributed by atoms with Crippen molar-refractivity contribution in [1.82, 2.24) is 19.4 Å². The number of amides is 2. The maximum absolute atomic E-state index is 12.8. The average molecular weight is 382 g/mol. The van der Waals surface area contributed by atoms with Crippen molar-refractivity contribution >= 4 is 11.8 Å². The highest BCUT2D eigenvalue weighted by Crippen LogP contribution is 2.26. The molecule has 1 fully saturated rings. The van der Waals surface area contributed by atoms with Gasteiger partial charge in [0, 0.05) is 51.1 Å². The van der Waals surface area contributed by atoms with Gasteiger partial charge in [0.05, 0.1) is 6.54 Å². The summed E-state index contributed by atoms with van der Waals surface area (Å²) in [6.45, 7) is 3.23. The lowest BCUT2D eigenvalue weighted by molar-refractivity contribution is -0.130. The number of likely N-dealkylation sites (tertiary alicyclic amines) is 1. The fourth-order valence-electron chi connectivity index (χ4n) is 3.87. The molecular weight excluding hydrogens is 356 g/mol. The van der Waals surface area contributed by atoms with E-state index in [1.807, 2.05) is 24.1 Å². The first-order chi connectivity index (χ1) is 13.6. The molecule has 0 N–H and O–H groups in total. The second-order valence-corrected chi connectivity index (χ2v) is 7.47. The first-order valence-corrected chi connectivity index (χ1v) is 9.91. The Morgan fingerprint density at radius 1 is 1.14 bits per heavy atom. The van der Waals surface area contributed by atoms with Gasteiger partial charge in [-0.05, 0) is 30.9 Å². The molecule has 0 saturated carbocycles. The van der Waals surface area contributed by atoms with Gasteiger partial charge < -0.3 is 19.1 Å². The number of nitrogens with zero attached hydrogens (tertiary/aromatic N) is 4. The van der Waals surface area contributed by atoms with Crippen LogP contribution in [-0.4, -0.2) is 57.4 Å². The highest BCUT2D eigenvalue weighted by Gasteiger charge is 2.24. The minimum absolute atomic E-state index is 0.0986.